The quantitative estimate of drug-likeness (QED) is 0.732. The Hall–Kier alpha value is -3.32. The Morgan fingerprint density at radius 2 is 1.75 bits per heavy atom. The number of hydrogen-bond donors (Lipinski definition) is 1. The van der Waals surface area contributed by atoms with E-state index in [0.29, 0.717) is 11.3 Å². The van der Waals surface area contributed by atoms with Gasteiger partial charge >= 0.3 is 0 Å². The van der Waals surface area contributed by atoms with Gasteiger partial charge in [-0.2, -0.15) is 5.26 Å². The van der Waals surface area contributed by atoms with E-state index >= 15 is 0 Å². The summed E-state index contributed by atoms with van der Waals surface area (Å²) < 4.78 is 19.1. The summed E-state index contributed by atoms with van der Waals surface area (Å²) in [5, 5.41) is 11.5. The van der Waals surface area contributed by atoms with E-state index < -0.39 is 0 Å². The molecule has 1 atom stereocenters. The molecule has 2 N–H and O–H groups in total. The molecule has 0 fully saturated rings. The van der Waals surface area contributed by atoms with Gasteiger partial charge in [0.25, 0.3) is 0 Å². The van der Waals surface area contributed by atoms with Crippen LogP contribution in [0.3, 0.4) is 0 Å². The first-order chi connectivity index (χ1) is 11.7. The van der Waals surface area contributed by atoms with Crippen molar-refractivity contribution in [1.29, 1.82) is 5.26 Å². The molecule has 3 aromatic rings. The van der Waals surface area contributed by atoms with Crippen LogP contribution in [0.1, 0.15) is 17.0 Å². The molecule has 0 radical (unpaired) electrons. The largest absolute Gasteiger partial charge is 0.440 e. The van der Waals surface area contributed by atoms with E-state index in [4.69, 9.17) is 10.5 Å². The van der Waals surface area contributed by atoms with Crippen molar-refractivity contribution in [3.8, 4) is 11.8 Å². The number of allylic oxidation sites excluding steroid dienone is 1. The van der Waals surface area contributed by atoms with Crippen molar-refractivity contribution in [1.82, 2.24) is 0 Å². The Labute approximate surface area is 138 Å². The molecule has 0 aliphatic carbocycles. The van der Waals surface area contributed by atoms with Gasteiger partial charge in [0.2, 0.25) is 5.88 Å². The van der Waals surface area contributed by atoms with Crippen LogP contribution in [0.15, 0.2) is 72.1 Å². The molecule has 116 valence electrons. The Bertz CT molecular complexity index is 1020. The van der Waals surface area contributed by atoms with Crippen molar-refractivity contribution in [3.63, 3.8) is 0 Å². The first kappa shape index (κ1) is 14.3. The average molecular weight is 316 g/mol. The summed E-state index contributed by atoms with van der Waals surface area (Å²) in [5.74, 6) is 0.0542. The Morgan fingerprint density at radius 1 is 1.00 bits per heavy atom. The molecule has 3 aromatic carbocycles. The zero-order valence-corrected chi connectivity index (χ0v) is 12.7. The third-order valence-electron chi connectivity index (χ3n) is 4.31. The topological polar surface area (TPSA) is 59.0 Å². The van der Waals surface area contributed by atoms with Gasteiger partial charge in [-0.25, -0.2) is 4.39 Å². The maximum atomic E-state index is 13.3. The lowest BCUT2D eigenvalue weighted by molar-refractivity contribution is 0.398. The van der Waals surface area contributed by atoms with E-state index in [1.807, 2.05) is 36.4 Å². The molecule has 0 saturated heterocycles. The van der Waals surface area contributed by atoms with Crippen molar-refractivity contribution in [2.75, 3.05) is 0 Å². The number of hydrogen-bond acceptors (Lipinski definition) is 3. The molecule has 4 rings (SSSR count). The summed E-state index contributed by atoms with van der Waals surface area (Å²) in [7, 11) is 0. The Kier molecular flexibility index (Phi) is 3.21. The summed E-state index contributed by atoms with van der Waals surface area (Å²) in [6, 6.07) is 20.0. The van der Waals surface area contributed by atoms with Crippen molar-refractivity contribution in [2.45, 2.75) is 5.92 Å². The number of nitrogens with two attached hydrogens (primary N) is 1. The van der Waals surface area contributed by atoms with Crippen LogP contribution < -0.4 is 10.5 Å². The highest BCUT2D eigenvalue weighted by atomic mass is 19.1. The molecule has 24 heavy (non-hydrogen) atoms. The van der Waals surface area contributed by atoms with Gasteiger partial charge in [0.15, 0.2) is 0 Å². The molecule has 1 aliphatic heterocycles. The second kappa shape index (κ2) is 5.39. The molecule has 1 aliphatic rings. The smallest absolute Gasteiger partial charge is 0.205 e. The molecule has 0 saturated carbocycles. The molecule has 1 heterocycles. The SMILES string of the molecule is N#CC1=C(N)Oc2c(ccc3ccccc23)C1c1ccc(F)cc1. The Morgan fingerprint density at radius 3 is 2.50 bits per heavy atom. The van der Waals surface area contributed by atoms with Crippen LogP contribution in [0.25, 0.3) is 10.8 Å². The first-order valence-electron chi connectivity index (χ1n) is 7.53. The molecular weight excluding hydrogens is 303 g/mol. The number of fused-ring (bicyclic) bond motifs is 3. The molecule has 0 amide bonds. The second-order valence-corrected chi connectivity index (χ2v) is 5.68. The van der Waals surface area contributed by atoms with Crippen molar-refractivity contribution >= 4 is 10.8 Å². The van der Waals surface area contributed by atoms with Gasteiger partial charge in [0.1, 0.15) is 23.2 Å². The van der Waals surface area contributed by atoms with Crippen LogP contribution in [0.4, 0.5) is 4.39 Å². The summed E-state index contributed by atoms with van der Waals surface area (Å²) in [6.45, 7) is 0. The minimum atomic E-state index is -0.371. The number of halogens is 1. The lowest BCUT2D eigenvalue weighted by Gasteiger charge is -2.27. The molecule has 0 bridgehead atoms. The van der Waals surface area contributed by atoms with Gasteiger partial charge in [-0.05, 0) is 23.1 Å². The fourth-order valence-electron chi connectivity index (χ4n) is 3.18. The number of ether oxygens (including phenoxy) is 1. The highest BCUT2D eigenvalue weighted by Gasteiger charge is 2.31. The maximum absolute atomic E-state index is 13.3. The minimum Gasteiger partial charge on any atom is -0.440 e. The standard InChI is InChI=1S/C20H13FN2O/c21-14-8-5-13(6-9-14)18-16-10-7-12-3-1-2-4-15(12)19(16)24-20(23)17(18)11-22/h1-10,18H,23H2. The van der Waals surface area contributed by atoms with Crippen molar-refractivity contribution in [3.05, 3.63) is 89.1 Å². The molecule has 0 aromatic heterocycles. The van der Waals surface area contributed by atoms with Crippen LogP contribution in [-0.2, 0) is 0 Å². The second-order valence-electron chi connectivity index (χ2n) is 5.68. The monoisotopic (exact) mass is 316 g/mol. The number of rotatable bonds is 1. The van der Waals surface area contributed by atoms with Crippen LogP contribution in [-0.4, -0.2) is 0 Å². The molecule has 0 spiro atoms. The van der Waals surface area contributed by atoms with E-state index in [2.05, 4.69) is 6.07 Å². The lowest BCUT2D eigenvalue weighted by Crippen LogP contribution is -2.21. The number of nitrogens with zero attached hydrogens (tertiary/aromatic N) is 1. The highest BCUT2D eigenvalue weighted by molar-refractivity contribution is 5.90. The van der Waals surface area contributed by atoms with E-state index in [0.717, 1.165) is 21.9 Å². The maximum Gasteiger partial charge on any atom is 0.205 e. The van der Waals surface area contributed by atoms with Crippen molar-refractivity contribution in [2.24, 2.45) is 5.73 Å². The van der Waals surface area contributed by atoms with Gasteiger partial charge in [-0.1, -0.05) is 48.5 Å². The molecule has 1 unspecified atom stereocenters. The van der Waals surface area contributed by atoms with E-state index in [1.165, 1.54) is 12.1 Å². The van der Waals surface area contributed by atoms with Gasteiger partial charge in [0, 0.05) is 10.9 Å². The van der Waals surface area contributed by atoms with Gasteiger partial charge in [-0.15, -0.1) is 0 Å². The third kappa shape index (κ3) is 2.10. The highest BCUT2D eigenvalue weighted by Crippen LogP contribution is 2.45. The number of nitriles is 1. The molecule has 4 heteroatoms. The fraction of sp³-hybridized carbons (Fsp3) is 0.0500. The third-order valence-corrected chi connectivity index (χ3v) is 4.31. The zero-order valence-electron chi connectivity index (χ0n) is 12.7. The van der Waals surface area contributed by atoms with Crippen LogP contribution in [0.2, 0.25) is 0 Å². The summed E-state index contributed by atoms with van der Waals surface area (Å²) in [4.78, 5) is 0. The predicted octanol–water partition coefficient (Wildman–Crippen LogP) is 4.20. The fourth-order valence-corrected chi connectivity index (χ4v) is 3.18. The van der Waals surface area contributed by atoms with Crippen LogP contribution >= 0.6 is 0 Å². The molecule has 3 nitrogen and oxygen atoms in total. The van der Waals surface area contributed by atoms with Gasteiger partial charge in [-0.3, -0.25) is 0 Å². The lowest BCUT2D eigenvalue weighted by atomic mass is 9.82. The van der Waals surface area contributed by atoms with Gasteiger partial charge in [0.05, 0.1) is 5.92 Å². The minimum absolute atomic E-state index is 0.0932. The summed E-state index contributed by atoms with van der Waals surface area (Å²) >= 11 is 0. The van der Waals surface area contributed by atoms with Crippen LogP contribution in [0, 0.1) is 17.1 Å². The van der Waals surface area contributed by atoms with E-state index in [1.54, 1.807) is 12.1 Å². The predicted molar refractivity (Wildman–Crippen MR) is 89.6 cm³/mol. The number of benzene rings is 3. The Balaban J connectivity index is 2.00. The normalized spacial score (nSPS) is 16.4. The zero-order chi connectivity index (χ0) is 16.7. The summed E-state index contributed by atoms with van der Waals surface area (Å²) in [6.07, 6.45) is 0. The van der Waals surface area contributed by atoms with E-state index in [-0.39, 0.29) is 17.6 Å². The first-order valence-corrected chi connectivity index (χ1v) is 7.53. The van der Waals surface area contributed by atoms with Crippen molar-refractivity contribution < 1.29 is 9.13 Å². The average Bonchev–Trinajstić information content (AvgIpc) is 2.61. The van der Waals surface area contributed by atoms with Crippen LogP contribution in [0.5, 0.6) is 5.75 Å². The summed E-state index contributed by atoms with van der Waals surface area (Å²) in [5.41, 5.74) is 8.01. The molecular formula is C20H13FN2O. The van der Waals surface area contributed by atoms with E-state index in [9.17, 15) is 9.65 Å². The van der Waals surface area contributed by atoms with Gasteiger partial charge < -0.3 is 10.5 Å².